The molecule has 6 heteroatoms. The van der Waals surface area contributed by atoms with Gasteiger partial charge in [-0.25, -0.2) is 0 Å². The molecule has 0 radical (unpaired) electrons. The Bertz CT molecular complexity index is 452. The smallest absolute Gasteiger partial charge is 0.163 e. The van der Waals surface area contributed by atoms with Gasteiger partial charge in [-0.3, -0.25) is 0 Å². The Kier molecular flexibility index (Phi) is 5.01. The van der Waals surface area contributed by atoms with Crippen LogP contribution >= 0.6 is 22.6 Å². The van der Waals surface area contributed by atoms with Crippen molar-refractivity contribution in [1.29, 1.82) is 5.26 Å². The quantitative estimate of drug-likeness (QED) is 0.516. The Hall–Kier alpha value is 0.0600. The van der Waals surface area contributed by atoms with E-state index in [9.17, 15) is 0 Å². The highest BCUT2D eigenvalue weighted by molar-refractivity contribution is 14.1. The summed E-state index contributed by atoms with van der Waals surface area (Å²) in [6.45, 7) is 4.47. The van der Waals surface area contributed by atoms with Gasteiger partial charge in [0.15, 0.2) is 5.79 Å². The van der Waals surface area contributed by atoms with Crippen molar-refractivity contribution in [2.75, 3.05) is 11.0 Å². The maximum absolute atomic E-state index is 8.78. The van der Waals surface area contributed by atoms with Gasteiger partial charge in [0.05, 0.1) is 31.0 Å². The van der Waals surface area contributed by atoms with Gasteiger partial charge in [-0.2, -0.15) is 5.26 Å². The summed E-state index contributed by atoms with van der Waals surface area (Å²) >= 11 is 2.40. The lowest BCUT2D eigenvalue weighted by molar-refractivity contribution is -0.166. The van der Waals surface area contributed by atoms with E-state index in [1.54, 1.807) is 0 Å². The maximum Gasteiger partial charge on any atom is 0.163 e. The first-order chi connectivity index (χ1) is 10.5. The van der Waals surface area contributed by atoms with Gasteiger partial charge in [0.25, 0.3) is 0 Å². The molecule has 0 bridgehead atoms. The number of nitriles is 1. The molecule has 2 unspecified atom stereocenters. The Morgan fingerprint density at radius 1 is 1.23 bits per heavy atom. The van der Waals surface area contributed by atoms with E-state index in [4.69, 9.17) is 24.2 Å². The second-order valence-electron chi connectivity index (χ2n) is 6.95. The van der Waals surface area contributed by atoms with Gasteiger partial charge >= 0.3 is 0 Å². The van der Waals surface area contributed by atoms with E-state index in [1.807, 2.05) is 13.8 Å². The molecular weight excluding hydrogens is 397 g/mol. The molecule has 0 saturated carbocycles. The molecule has 0 aromatic carbocycles. The van der Waals surface area contributed by atoms with E-state index in [0.717, 1.165) is 30.1 Å². The summed E-state index contributed by atoms with van der Waals surface area (Å²) in [6, 6.07) is 2.22. The third kappa shape index (κ3) is 3.29. The molecule has 0 aromatic rings. The Labute approximate surface area is 145 Å². The molecule has 124 valence electrons. The van der Waals surface area contributed by atoms with Crippen LogP contribution in [0.3, 0.4) is 0 Å². The summed E-state index contributed by atoms with van der Waals surface area (Å²) in [5.41, 5.74) is -0.223. The van der Waals surface area contributed by atoms with Crippen LogP contribution in [0.5, 0.6) is 0 Å². The molecule has 0 spiro atoms. The van der Waals surface area contributed by atoms with E-state index >= 15 is 0 Å². The fourth-order valence-corrected chi connectivity index (χ4v) is 4.74. The van der Waals surface area contributed by atoms with Gasteiger partial charge < -0.3 is 18.9 Å². The van der Waals surface area contributed by atoms with Crippen molar-refractivity contribution in [2.45, 2.75) is 81.8 Å². The summed E-state index contributed by atoms with van der Waals surface area (Å²) in [4.78, 5) is 0. The second kappa shape index (κ2) is 6.52. The zero-order valence-electron chi connectivity index (χ0n) is 13.2. The van der Waals surface area contributed by atoms with Crippen LogP contribution in [0.2, 0.25) is 0 Å². The average molecular weight is 421 g/mol. The van der Waals surface area contributed by atoms with Crippen molar-refractivity contribution in [3.05, 3.63) is 0 Å². The Morgan fingerprint density at radius 2 is 2.05 bits per heavy atom. The van der Waals surface area contributed by atoms with Crippen LogP contribution < -0.4 is 0 Å². The van der Waals surface area contributed by atoms with Crippen molar-refractivity contribution in [1.82, 2.24) is 0 Å². The lowest BCUT2D eigenvalue weighted by atomic mass is 9.87. The number of hydrogen-bond acceptors (Lipinski definition) is 5. The van der Waals surface area contributed by atoms with E-state index in [2.05, 4.69) is 28.7 Å². The Balaban J connectivity index is 1.66. The molecule has 3 fully saturated rings. The molecular formula is C16H24INO4. The zero-order chi connectivity index (χ0) is 15.8. The molecule has 5 atom stereocenters. The van der Waals surface area contributed by atoms with Crippen molar-refractivity contribution < 1.29 is 18.9 Å². The number of rotatable bonds is 4. The summed E-state index contributed by atoms with van der Waals surface area (Å²) in [5, 5.41) is 8.78. The van der Waals surface area contributed by atoms with Crippen LogP contribution in [-0.4, -0.2) is 46.8 Å². The lowest BCUT2D eigenvalue weighted by Gasteiger charge is -2.41. The van der Waals surface area contributed by atoms with E-state index < -0.39 is 5.79 Å². The van der Waals surface area contributed by atoms with Gasteiger partial charge in [-0.05, 0) is 33.1 Å². The van der Waals surface area contributed by atoms with Crippen molar-refractivity contribution in [2.24, 2.45) is 0 Å². The van der Waals surface area contributed by atoms with E-state index in [-0.39, 0.29) is 30.0 Å². The molecule has 5 nitrogen and oxygen atoms in total. The molecule has 0 aromatic heterocycles. The second-order valence-corrected chi connectivity index (χ2v) is 7.71. The molecule has 3 saturated heterocycles. The number of nitrogens with zero attached hydrogens (tertiary/aromatic N) is 1. The molecule has 0 amide bonds. The summed E-state index contributed by atoms with van der Waals surface area (Å²) in [7, 11) is 0. The standard InChI is InChI=1S/C16H24INO4/c1-15(2)19-9-13(22-15)12-8-16(10-17)14(20-12)6-5-11(21-16)4-3-7-18/h11-14H,3-6,8-10H2,1-2H3/t11?,12-,13-,14?,16-/m1/s1. The van der Waals surface area contributed by atoms with Crippen LogP contribution in [0.1, 0.15) is 46.0 Å². The first kappa shape index (κ1) is 16.9. The number of alkyl halides is 1. The minimum absolute atomic E-state index is 0.0124. The fraction of sp³-hybridized carbons (Fsp3) is 0.938. The highest BCUT2D eigenvalue weighted by Crippen LogP contribution is 2.45. The normalized spacial score (nSPS) is 43.7. The predicted molar refractivity (Wildman–Crippen MR) is 88.8 cm³/mol. The van der Waals surface area contributed by atoms with Gasteiger partial charge in [0.2, 0.25) is 0 Å². The first-order valence-corrected chi connectivity index (χ1v) is 9.58. The minimum Gasteiger partial charge on any atom is -0.369 e. The first-order valence-electron chi connectivity index (χ1n) is 8.06. The third-order valence-corrected chi connectivity index (χ3v) is 6.17. The molecule has 3 aliphatic rings. The summed E-state index contributed by atoms with van der Waals surface area (Å²) < 4.78 is 25.3. The fourth-order valence-electron chi connectivity index (χ4n) is 3.76. The molecule has 3 heterocycles. The van der Waals surface area contributed by atoms with Gasteiger partial charge in [-0.15, -0.1) is 0 Å². The Morgan fingerprint density at radius 3 is 2.68 bits per heavy atom. The monoisotopic (exact) mass is 421 g/mol. The van der Waals surface area contributed by atoms with Gasteiger partial charge in [0, 0.05) is 17.3 Å². The van der Waals surface area contributed by atoms with Crippen LogP contribution in [0.25, 0.3) is 0 Å². The highest BCUT2D eigenvalue weighted by atomic mass is 127. The predicted octanol–water partition coefficient (Wildman–Crippen LogP) is 2.95. The molecule has 0 N–H and O–H groups in total. The van der Waals surface area contributed by atoms with Crippen molar-refractivity contribution in [3.8, 4) is 6.07 Å². The van der Waals surface area contributed by atoms with Crippen LogP contribution in [-0.2, 0) is 18.9 Å². The van der Waals surface area contributed by atoms with Crippen LogP contribution in [0, 0.1) is 11.3 Å². The number of fused-ring (bicyclic) bond motifs is 1. The molecule has 0 aliphatic carbocycles. The number of halogens is 1. The van der Waals surface area contributed by atoms with Crippen molar-refractivity contribution in [3.63, 3.8) is 0 Å². The summed E-state index contributed by atoms with van der Waals surface area (Å²) in [6.07, 6.45) is 4.57. The van der Waals surface area contributed by atoms with Gasteiger partial charge in [-0.1, -0.05) is 22.6 Å². The number of hydrogen-bond donors (Lipinski definition) is 0. The average Bonchev–Trinajstić information content (AvgIpc) is 3.05. The SMILES string of the molecule is CC1(C)OC[C@H]([C@H]2C[C@]3(CI)OC(CCC#N)CCC3O2)O1. The zero-order valence-corrected chi connectivity index (χ0v) is 15.4. The van der Waals surface area contributed by atoms with E-state index in [0.29, 0.717) is 13.0 Å². The maximum atomic E-state index is 8.78. The summed E-state index contributed by atoms with van der Waals surface area (Å²) in [5.74, 6) is -0.518. The van der Waals surface area contributed by atoms with Gasteiger partial charge in [0.1, 0.15) is 11.7 Å². The van der Waals surface area contributed by atoms with E-state index in [1.165, 1.54) is 0 Å². The highest BCUT2D eigenvalue weighted by Gasteiger charge is 2.55. The largest absolute Gasteiger partial charge is 0.369 e. The van der Waals surface area contributed by atoms with Crippen LogP contribution in [0.4, 0.5) is 0 Å². The minimum atomic E-state index is -0.518. The topological polar surface area (TPSA) is 60.7 Å². The van der Waals surface area contributed by atoms with Crippen molar-refractivity contribution >= 4 is 22.6 Å². The molecule has 3 aliphatic heterocycles. The van der Waals surface area contributed by atoms with Crippen LogP contribution in [0.15, 0.2) is 0 Å². The lowest BCUT2D eigenvalue weighted by Crippen LogP contribution is -2.49. The number of ether oxygens (including phenoxy) is 4. The molecule has 3 rings (SSSR count). The molecule has 22 heavy (non-hydrogen) atoms. The third-order valence-electron chi connectivity index (χ3n) is 4.87.